The fourth-order valence-electron chi connectivity index (χ4n) is 2.19. The molecule has 0 aliphatic carbocycles. The van der Waals surface area contributed by atoms with Crippen LogP contribution in [0.2, 0.25) is 0 Å². The average molecular weight is 395 g/mol. The maximum absolute atomic E-state index is 12.1. The zero-order valence-corrected chi connectivity index (χ0v) is 15.7. The first kappa shape index (κ1) is 17.7. The number of aryl methyl sites for hydroxylation is 3. The fourth-order valence-corrected chi connectivity index (χ4v) is 3.70. The molecule has 1 aromatic carbocycles. The molecule has 23 heavy (non-hydrogen) atoms. The molecular formula is C17H19BrN2O2S. The highest BCUT2D eigenvalue weighted by atomic mass is 79.9. The molecule has 6 heteroatoms. The van der Waals surface area contributed by atoms with E-state index >= 15 is 0 Å². The Balaban J connectivity index is 1.91. The Morgan fingerprint density at radius 1 is 1.22 bits per heavy atom. The number of rotatable bonds is 5. The van der Waals surface area contributed by atoms with Crippen molar-refractivity contribution in [3.63, 3.8) is 0 Å². The van der Waals surface area contributed by atoms with E-state index in [-0.39, 0.29) is 18.4 Å². The number of halogens is 1. The van der Waals surface area contributed by atoms with Crippen molar-refractivity contribution in [1.29, 1.82) is 0 Å². The molecule has 2 aromatic rings. The van der Waals surface area contributed by atoms with E-state index in [9.17, 15) is 9.59 Å². The first-order chi connectivity index (χ1) is 10.9. The van der Waals surface area contributed by atoms with Gasteiger partial charge in [-0.3, -0.25) is 9.59 Å². The minimum Gasteiger partial charge on any atom is -0.342 e. The van der Waals surface area contributed by atoms with Crippen molar-refractivity contribution in [2.75, 3.05) is 11.9 Å². The first-order valence-electron chi connectivity index (χ1n) is 7.34. The van der Waals surface area contributed by atoms with Gasteiger partial charge in [-0.05, 0) is 55.7 Å². The summed E-state index contributed by atoms with van der Waals surface area (Å²) in [6, 6.07) is 7.51. The van der Waals surface area contributed by atoms with Crippen LogP contribution in [0.5, 0.6) is 0 Å². The van der Waals surface area contributed by atoms with Crippen molar-refractivity contribution in [2.45, 2.75) is 27.2 Å². The van der Waals surface area contributed by atoms with E-state index in [0.717, 1.165) is 27.0 Å². The second-order valence-electron chi connectivity index (χ2n) is 5.24. The third kappa shape index (κ3) is 4.65. The van der Waals surface area contributed by atoms with Gasteiger partial charge in [0.25, 0.3) is 5.91 Å². The van der Waals surface area contributed by atoms with Gasteiger partial charge in [-0.2, -0.15) is 0 Å². The molecule has 0 aliphatic rings. The van der Waals surface area contributed by atoms with Crippen LogP contribution in [0.4, 0.5) is 5.69 Å². The average Bonchev–Trinajstić information content (AvgIpc) is 2.89. The normalized spacial score (nSPS) is 10.4. The van der Waals surface area contributed by atoms with Crippen LogP contribution < -0.4 is 10.6 Å². The highest BCUT2D eigenvalue weighted by Crippen LogP contribution is 2.22. The van der Waals surface area contributed by atoms with Crippen LogP contribution in [0.1, 0.15) is 32.6 Å². The van der Waals surface area contributed by atoms with Crippen LogP contribution in [-0.2, 0) is 11.2 Å². The molecule has 0 radical (unpaired) electrons. The number of hydrogen-bond donors (Lipinski definition) is 2. The van der Waals surface area contributed by atoms with Gasteiger partial charge in [0.2, 0.25) is 5.91 Å². The molecule has 0 spiro atoms. The Morgan fingerprint density at radius 3 is 2.57 bits per heavy atom. The SMILES string of the molecule is CCc1cc(C(=O)NCC(=O)Nc2ccc(Br)cc2C)sc1C. The number of amides is 2. The standard InChI is InChI=1S/C17H19BrN2O2S/c1-4-12-8-15(23-11(12)3)17(22)19-9-16(21)20-14-6-5-13(18)7-10(14)2/h5-8H,4,9H2,1-3H3,(H,19,22)(H,20,21). The molecular weight excluding hydrogens is 376 g/mol. The van der Waals surface area contributed by atoms with Crippen molar-refractivity contribution >= 4 is 44.8 Å². The van der Waals surface area contributed by atoms with E-state index < -0.39 is 0 Å². The number of nitrogens with one attached hydrogen (secondary N) is 2. The molecule has 0 bridgehead atoms. The number of carbonyl (C=O) groups excluding carboxylic acids is 2. The second kappa shape index (κ2) is 7.75. The summed E-state index contributed by atoms with van der Waals surface area (Å²) in [4.78, 5) is 25.9. The molecule has 0 saturated heterocycles. The lowest BCUT2D eigenvalue weighted by Crippen LogP contribution is -2.32. The predicted molar refractivity (Wildman–Crippen MR) is 98.3 cm³/mol. The van der Waals surface area contributed by atoms with E-state index in [4.69, 9.17) is 0 Å². The zero-order chi connectivity index (χ0) is 17.0. The van der Waals surface area contributed by atoms with E-state index in [1.807, 2.05) is 38.1 Å². The first-order valence-corrected chi connectivity index (χ1v) is 8.95. The van der Waals surface area contributed by atoms with E-state index in [0.29, 0.717) is 4.88 Å². The monoisotopic (exact) mass is 394 g/mol. The van der Waals surface area contributed by atoms with Gasteiger partial charge in [0.15, 0.2) is 0 Å². The van der Waals surface area contributed by atoms with Crippen LogP contribution in [0.3, 0.4) is 0 Å². The topological polar surface area (TPSA) is 58.2 Å². The van der Waals surface area contributed by atoms with E-state index in [1.54, 1.807) is 0 Å². The van der Waals surface area contributed by atoms with Crippen LogP contribution in [0.25, 0.3) is 0 Å². The largest absolute Gasteiger partial charge is 0.342 e. The third-order valence-electron chi connectivity index (χ3n) is 3.50. The van der Waals surface area contributed by atoms with Crippen molar-refractivity contribution < 1.29 is 9.59 Å². The maximum Gasteiger partial charge on any atom is 0.261 e. The molecule has 2 amide bonds. The summed E-state index contributed by atoms with van der Waals surface area (Å²) in [5, 5.41) is 5.47. The number of benzene rings is 1. The predicted octanol–water partition coefficient (Wildman–Crippen LogP) is 4.06. The lowest BCUT2D eigenvalue weighted by molar-refractivity contribution is -0.115. The van der Waals surface area contributed by atoms with Gasteiger partial charge in [-0.15, -0.1) is 11.3 Å². The zero-order valence-electron chi connectivity index (χ0n) is 13.3. The summed E-state index contributed by atoms with van der Waals surface area (Å²) in [5.74, 6) is -0.451. The van der Waals surface area contributed by atoms with Crippen LogP contribution in [0, 0.1) is 13.8 Å². The van der Waals surface area contributed by atoms with Crippen molar-refractivity contribution in [2.24, 2.45) is 0 Å². The molecule has 0 unspecified atom stereocenters. The molecule has 1 aromatic heterocycles. The summed E-state index contributed by atoms with van der Waals surface area (Å²) in [5.41, 5.74) is 2.88. The summed E-state index contributed by atoms with van der Waals surface area (Å²) in [6.45, 7) is 5.93. The molecule has 122 valence electrons. The van der Waals surface area contributed by atoms with Gasteiger partial charge in [-0.25, -0.2) is 0 Å². The Morgan fingerprint density at radius 2 is 1.96 bits per heavy atom. The Labute approximate surface area is 148 Å². The quantitative estimate of drug-likeness (QED) is 0.802. The van der Waals surface area contributed by atoms with Crippen molar-refractivity contribution in [3.05, 3.63) is 49.6 Å². The molecule has 0 aliphatic heterocycles. The number of thiophene rings is 1. The molecule has 0 fully saturated rings. The fraction of sp³-hybridized carbons (Fsp3) is 0.294. The molecule has 2 N–H and O–H groups in total. The minimum absolute atomic E-state index is 0.0489. The van der Waals surface area contributed by atoms with Gasteiger partial charge < -0.3 is 10.6 Å². The smallest absolute Gasteiger partial charge is 0.261 e. The Bertz CT molecular complexity index is 740. The number of hydrogen-bond acceptors (Lipinski definition) is 3. The van der Waals surface area contributed by atoms with Crippen molar-refractivity contribution in [1.82, 2.24) is 5.32 Å². The van der Waals surface area contributed by atoms with Crippen LogP contribution >= 0.6 is 27.3 Å². The van der Waals surface area contributed by atoms with Crippen LogP contribution in [-0.4, -0.2) is 18.4 Å². The van der Waals surface area contributed by atoms with Gasteiger partial charge in [0.05, 0.1) is 11.4 Å². The van der Waals surface area contributed by atoms with Gasteiger partial charge >= 0.3 is 0 Å². The van der Waals surface area contributed by atoms with E-state index in [1.165, 1.54) is 16.9 Å². The highest BCUT2D eigenvalue weighted by Gasteiger charge is 2.13. The van der Waals surface area contributed by atoms with E-state index in [2.05, 4.69) is 33.5 Å². The summed E-state index contributed by atoms with van der Waals surface area (Å²) < 4.78 is 0.959. The van der Waals surface area contributed by atoms with Gasteiger partial charge in [0, 0.05) is 15.0 Å². The second-order valence-corrected chi connectivity index (χ2v) is 7.41. The highest BCUT2D eigenvalue weighted by molar-refractivity contribution is 9.10. The Kier molecular flexibility index (Phi) is 5.96. The summed E-state index contributed by atoms with van der Waals surface area (Å²) in [6.07, 6.45) is 0.902. The Hall–Kier alpha value is -1.66. The molecule has 0 saturated carbocycles. The lowest BCUT2D eigenvalue weighted by atomic mass is 10.2. The maximum atomic E-state index is 12.1. The molecule has 2 rings (SSSR count). The molecule has 4 nitrogen and oxygen atoms in total. The number of carbonyl (C=O) groups is 2. The number of anilines is 1. The molecule has 0 atom stereocenters. The molecule has 1 heterocycles. The third-order valence-corrected chi connectivity index (χ3v) is 5.08. The summed E-state index contributed by atoms with van der Waals surface area (Å²) >= 11 is 4.84. The lowest BCUT2D eigenvalue weighted by Gasteiger charge is -2.09. The van der Waals surface area contributed by atoms with Gasteiger partial charge in [0.1, 0.15) is 0 Å². The van der Waals surface area contributed by atoms with Crippen LogP contribution in [0.15, 0.2) is 28.7 Å². The van der Waals surface area contributed by atoms with Gasteiger partial charge in [-0.1, -0.05) is 22.9 Å². The summed E-state index contributed by atoms with van der Waals surface area (Å²) in [7, 11) is 0. The van der Waals surface area contributed by atoms with Crippen molar-refractivity contribution in [3.8, 4) is 0 Å². The minimum atomic E-state index is -0.243.